The average molecular weight is 410 g/mol. The molecule has 2 unspecified atom stereocenters. The van der Waals surface area contributed by atoms with E-state index in [0.29, 0.717) is 6.42 Å². The van der Waals surface area contributed by atoms with Gasteiger partial charge < -0.3 is 0 Å². The molecule has 6 atom stereocenters. The van der Waals surface area contributed by atoms with E-state index in [1.54, 1.807) is 0 Å². The average Bonchev–Trinajstić information content (AvgIpc) is 2.69. The smallest absolute Gasteiger partial charge is 0.121 e. The van der Waals surface area contributed by atoms with Crippen LogP contribution in [0, 0.1) is 11.8 Å². The van der Waals surface area contributed by atoms with Crippen LogP contribution in [0.25, 0.3) is 0 Å². The van der Waals surface area contributed by atoms with Crippen LogP contribution in [0.3, 0.4) is 0 Å². The first-order chi connectivity index (χ1) is 8.11. The van der Waals surface area contributed by atoms with Crippen molar-refractivity contribution in [2.24, 2.45) is 11.8 Å². The summed E-state index contributed by atoms with van der Waals surface area (Å²) in [6, 6.07) is 0. The molecule has 2 saturated carbocycles. The lowest BCUT2D eigenvalue weighted by molar-refractivity contribution is 0.385. The van der Waals surface area contributed by atoms with Crippen molar-refractivity contribution in [3.8, 4) is 0 Å². The summed E-state index contributed by atoms with van der Waals surface area (Å²) >= 11 is 51.0. The molecule has 0 nitrogen and oxygen atoms in total. The van der Waals surface area contributed by atoms with E-state index in [1.807, 2.05) is 0 Å². The van der Waals surface area contributed by atoms with E-state index in [4.69, 9.17) is 92.8 Å². The Morgan fingerprint density at radius 3 is 1.94 bits per heavy atom. The molecular formula is C10H6Cl8. The molecule has 0 aromatic rings. The van der Waals surface area contributed by atoms with Gasteiger partial charge in [-0.1, -0.05) is 46.4 Å². The molecule has 3 aliphatic rings. The molecule has 2 bridgehead atoms. The normalized spacial score (nSPS) is 57.3. The molecule has 0 radical (unpaired) electrons. The van der Waals surface area contributed by atoms with Crippen LogP contribution in [0.1, 0.15) is 6.42 Å². The second kappa shape index (κ2) is 4.07. The van der Waals surface area contributed by atoms with E-state index >= 15 is 0 Å². The lowest BCUT2D eigenvalue weighted by atomic mass is 9.84. The molecule has 0 spiro atoms. The topological polar surface area (TPSA) is 0 Å². The van der Waals surface area contributed by atoms with Crippen LogP contribution in [0.15, 0.2) is 10.1 Å². The van der Waals surface area contributed by atoms with Crippen LogP contribution in [0.2, 0.25) is 0 Å². The van der Waals surface area contributed by atoms with E-state index in [1.165, 1.54) is 0 Å². The summed E-state index contributed by atoms with van der Waals surface area (Å²) in [5, 5.41) is -0.259. The summed E-state index contributed by atoms with van der Waals surface area (Å²) in [6.07, 6.45) is 0.555. The third-order valence-corrected chi connectivity index (χ3v) is 9.79. The molecule has 0 aromatic carbocycles. The molecule has 0 N–H and O–H groups in total. The molecular weight excluding hydrogens is 404 g/mol. The molecule has 8 heteroatoms. The standard InChI is InChI=1S/C10H6Cl8/c11-3-1-2-4(5(3)12)9(16)7(14)6(13)8(2,15)10(9,17)18/h2-5H,1H2/t2-,3?,4-,5?,8+,9+/m0/s1. The van der Waals surface area contributed by atoms with Crippen LogP contribution in [-0.2, 0) is 0 Å². The molecule has 0 aromatic heterocycles. The lowest BCUT2D eigenvalue weighted by Crippen LogP contribution is -2.47. The Labute approximate surface area is 145 Å². The third-order valence-electron chi connectivity index (χ3n) is 4.32. The summed E-state index contributed by atoms with van der Waals surface area (Å²) < 4.78 is -1.50. The van der Waals surface area contributed by atoms with Crippen LogP contribution >= 0.6 is 92.8 Å². The van der Waals surface area contributed by atoms with E-state index in [-0.39, 0.29) is 27.3 Å². The van der Waals surface area contributed by atoms with E-state index in [2.05, 4.69) is 0 Å². The largest absolute Gasteiger partial charge is 0.166 e. The van der Waals surface area contributed by atoms with Gasteiger partial charge in [-0.25, -0.2) is 0 Å². The maximum atomic E-state index is 6.62. The number of alkyl halides is 6. The lowest BCUT2D eigenvalue weighted by Gasteiger charge is -2.35. The van der Waals surface area contributed by atoms with Crippen molar-refractivity contribution >= 4 is 92.8 Å². The summed E-state index contributed by atoms with van der Waals surface area (Å²) in [5.74, 6) is -0.488. The monoisotopic (exact) mass is 406 g/mol. The molecule has 3 rings (SSSR count). The number of rotatable bonds is 0. The Balaban J connectivity index is 2.26. The number of halogens is 8. The van der Waals surface area contributed by atoms with Crippen LogP contribution < -0.4 is 0 Å². The summed E-state index contributed by atoms with van der Waals surface area (Å²) in [4.78, 5) is -2.50. The predicted octanol–water partition coefficient (Wildman–Crippen LogP) is 5.68. The van der Waals surface area contributed by atoms with Crippen molar-refractivity contribution in [1.29, 1.82) is 0 Å². The Kier molecular flexibility index (Phi) is 3.39. The minimum atomic E-state index is -1.50. The van der Waals surface area contributed by atoms with Crippen molar-refractivity contribution in [2.45, 2.75) is 31.3 Å². The molecule has 0 saturated heterocycles. The van der Waals surface area contributed by atoms with Gasteiger partial charge in [-0.15, -0.1) is 46.4 Å². The van der Waals surface area contributed by atoms with Crippen molar-refractivity contribution in [3.05, 3.63) is 10.1 Å². The zero-order chi connectivity index (χ0) is 13.7. The van der Waals surface area contributed by atoms with Crippen LogP contribution in [-0.4, -0.2) is 24.8 Å². The number of allylic oxidation sites excluding steroid dienone is 2. The maximum Gasteiger partial charge on any atom is 0.166 e. The van der Waals surface area contributed by atoms with E-state index in [9.17, 15) is 0 Å². The Morgan fingerprint density at radius 2 is 1.39 bits per heavy atom. The van der Waals surface area contributed by atoms with Crippen molar-refractivity contribution in [3.63, 3.8) is 0 Å². The summed E-state index contributed by atoms with van der Waals surface area (Å²) in [6.45, 7) is 0. The fraction of sp³-hybridized carbons (Fsp3) is 0.800. The van der Waals surface area contributed by atoms with E-state index < -0.39 is 19.5 Å². The highest BCUT2D eigenvalue weighted by atomic mass is 35.5. The highest BCUT2D eigenvalue weighted by Crippen LogP contribution is 2.79. The van der Waals surface area contributed by atoms with Gasteiger partial charge in [0, 0.05) is 5.92 Å². The first-order valence-electron chi connectivity index (χ1n) is 5.21. The molecule has 3 aliphatic carbocycles. The minimum absolute atomic E-state index is 0.184. The molecule has 102 valence electrons. The third kappa shape index (κ3) is 1.28. The minimum Gasteiger partial charge on any atom is -0.121 e. The van der Waals surface area contributed by atoms with Crippen LogP contribution in [0.5, 0.6) is 0 Å². The SMILES string of the molecule is ClC1=C(Cl)[C@]2(Cl)[C@H]3CC(Cl)C(Cl)[C@H]3[C@]1(Cl)C2(Cl)Cl. The van der Waals surface area contributed by atoms with Crippen LogP contribution in [0.4, 0.5) is 0 Å². The number of hydrogen-bond donors (Lipinski definition) is 0. The van der Waals surface area contributed by atoms with Gasteiger partial charge in [-0.2, -0.15) is 0 Å². The van der Waals surface area contributed by atoms with Gasteiger partial charge in [0.05, 0.1) is 20.8 Å². The quantitative estimate of drug-likeness (QED) is 0.451. The number of hydrogen-bond acceptors (Lipinski definition) is 0. The van der Waals surface area contributed by atoms with Crippen molar-refractivity contribution in [1.82, 2.24) is 0 Å². The second-order valence-corrected chi connectivity index (χ2v) is 9.29. The zero-order valence-electron chi connectivity index (χ0n) is 8.54. The zero-order valence-corrected chi connectivity index (χ0v) is 14.6. The highest BCUT2D eigenvalue weighted by Gasteiger charge is 2.84. The molecule has 2 fully saturated rings. The molecule has 0 amide bonds. The second-order valence-electron chi connectivity index (χ2n) is 4.95. The predicted molar refractivity (Wildman–Crippen MR) is 81.2 cm³/mol. The highest BCUT2D eigenvalue weighted by molar-refractivity contribution is 6.66. The van der Waals surface area contributed by atoms with E-state index in [0.717, 1.165) is 0 Å². The molecule has 0 heterocycles. The summed E-state index contributed by atoms with van der Waals surface area (Å²) in [5.41, 5.74) is 0. The van der Waals surface area contributed by atoms with Gasteiger partial charge in [0.2, 0.25) is 0 Å². The molecule has 18 heavy (non-hydrogen) atoms. The summed E-state index contributed by atoms with van der Waals surface area (Å²) in [7, 11) is 0. The Bertz CT molecular complexity index is 459. The number of fused-ring (bicyclic) bond motifs is 5. The molecule has 0 aliphatic heterocycles. The van der Waals surface area contributed by atoms with Crippen molar-refractivity contribution < 1.29 is 0 Å². The van der Waals surface area contributed by atoms with Gasteiger partial charge >= 0.3 is 0 Å². The van der Waals surface area contributed by atoms with Gasteiger partial charge in [0.15, 0.2) is 4.33 Å². The maximum absolute atomic E-state index is 6.62. The van der Waals surface area contributed by atoms with Gasteiger partial charge in [-0.05, 0) is 12.3 Å². The Hall–Kier alpha value is 2.06. The van der Waals surface area contributed by atoms with Crippen molar-refractivity contribution in [2.75, 3.05) is 0 Å². The first kappa shape index (κ1) is 15.0. The van der Waals surface area contributed by atoms with Gasteiger partial charge in [0.25, 0.3) is 0 Å². The Morgan fingerprint density at radius 1 is 0.889 bits per heavy atom. The first-order valence-corrected chi connectivity index (χ1v) is 8.35. The fourth-order valence-electron chi connectivity index (χ4n) is 3.48. The van der Waals surface area contributed by atoms with Gasteiger partial charge in [0.1, 0.15) is 9.75 Å². The fourth-order valence-corrected chi connectivity index (χ4v) is 7.46. The van der Waals surface area contributed by atoms with Gasteiger partial charge in [-0.3, -0.25) is 0 Å².